The van der Waals surface area contributed by atoms with E-state index in [4.69, 9.17) is 5.11 Å². The van der Waals surface area contributed by atoms with Crippen molar-refractivity contribution in [3.05, 3.63) is 35.4 Å². The maximum atomic E-state index is 12.0. The Morgan fingerprint density at radius 3 is 2.60 bits per heavy atom. The van der Waals surface area contributed by atoms with Crippen molar-refractivity contribution in [2.24, 2.45) is 0 Å². The van der Waals surface area contributed by atoms with Crippen LogP contribution in [0, 0.1) is 6.92 Å². The van der Waals surface area contributed by atoms with Crippen LogP contribution in [-0.2, 0) is 11.3 Å². The fourth-order valence-electron chi connectivity index (χ4n) is 1.85. The van der Waals surface area contributed by atoms with Crippen LogP contribution in [0.2, 0.25) is 0 Å². The van der Waals surface area contributed by atoms with E-state index in [1.165, 1.54) is 0 Å². The number of aliphatic carboxylic acids is 1. The highest BCUT2D eigenvalue weighted by Gasteiger charge is 2.13. The number of benzene rings is 1. The van der Waals surface area contributed by atoms with Crippen molar-refractivity contribution in [1.82, 2.24) is 10.2 Å². The van der Waals surface area contributed by atoms with Gasteiger partial charge in [-0.05, 0) is 31.4 Å². The minimum Gasteiger partial charge on any atom is -0.481 e. The van der Waals surface area contributed by atoms with Gasteiger partial charge >= 0.3 is 12.0 Å². The number of hydrogen-bond acceptors (Lipinski definition) is 2. The van der Waals surface area contributed by atoms with Crippen molar-refractivity contribution < 1.29 is 14.7 Å². The Kier molecular flexibility index (Phi) is 6.03. The second kappa shape index (κ2) is 7.53. The molecule has 1 atom stereocenters. The summed E-state index contributed by atoms with van der Waals surface area (Å²) in [6.07, 6.45) is 0.488. The summed E-state index contributed by atoms with van der Waals surface area (Å²) in [5.41, 5.74) is 2.24. The molecule has 0 bridgehead atoms. The second-order valence-corrected chi connectivity index (χ2v) is 5.07. The number of rotatable bonds is 6. The maximum absolute atomic E-state index is 12.0. The molecule has 0 saturated heterocycles. The van der Waals surface area contributed by atoms with Crippen molar-refractivity contribution in [2.75, 3.05) is 7.05 Å². The third kappa shape index (κ3) is 5.30. The molecule has 0 spiro atoms. The average Bonchev–Trinajstić information content (AvgIpc) is 2.39. The van der Waals surface area contributed by atoms with Gasteiger partial charge in [-0.2, -0.15) is 0 Å². The summed E-state index contributed by atoms with van der Waals surface area (Å²) in [6.45, 7) is 4.35. The van der Waals surface area contributed by atoms with Gasteiger partial charge in [-0.1, -0.05) is 24.3 Å². The van der Waals surface area contributed by atoms with Crippen LogP contribution in [0.15, 0.2) is 24.3 Å². The van der Waals surface area contributed by atoms with Crippen molar-refractivity contribution in [3.63, 3.8) is 0 Å². The van der Waals surface area contributed by atoms with Gasteiger partial charge in [0.2, 0.25) is 0 Å². The highest BCUT2D eigenvalue weighted by atomic mass is 16.4. The molecule has 0 aromatic heterocycles. The Hall–Kier alpha value is -2.04. The van der Waals surface area contributed by atoms with Gasteiger partial charge < -0.3 is 15.3 Å². The fraction of sp³-hybridized carbons (Fsp3) is 0.467. The Labute approximate surface area is 119 Å². The lowest BCUT2D eigenvalue weighted by Gasteiger charge is -2.22. The topological polar surface area (TPSA) is 69.6 Å². The summed E-state index contributed by atoms with van der Waals surface area (Å²) in [4.78, 5) is 24.1. The summed E-state index contributed by atoms with van der Waals surface area (Å²) in [5.74, 6) is -0.848. The van der Waals surface area contributed by atoms with E-state index in [0.29, 0.717) is 13.0 Å². The first-order valence-electron chi connectivity index (χ1n) is 6.68. The van der Waals surface area contributed by atoms with Gasteiger partial charge in [-0.3, -0.25) is 4.79 Å². The predicted molar refractivity (Wildman–Crippen MR) is 77.5 cm³/mol. The molecule has 110 valence electrons. The first kappa shape index (κ1) is 16.0. The van der Waals surface area contributed by atoms with Crippen molar-refractivity contribution in [3.8, 4) is 0 Å². The number of nitrogens with zero attached hydrogens (tertiary/aromatic N) is 1. The number of amides is 2. The molecule has 2 amide bonds. The first-order valence-corrected chi connectivity index (χ1v) is 6.68. The molecule has 0 radical (unpaired) electrons. The van der Waals surface area contributed by atoms with Gasteiger partial charge in [0.1, 0.15) is 0 Å². The van der Waals surface area contributed by atoms with Gasteiger partial charge in [-0.25, -0.2) is 4.79 Å². The Morgan fingerprint density at radius 2 is 2.00 bits per heavy atom. The second-order valence-electron chi connectivity index (χ2n) is 5.07. The van der Waals surface area contributed by atoms with E-state index in [0.717, 1.165) is 11.1 Å². The van der Waals surface area contributed by atoms with Gasteiger partial charge in [0.25, 0.3) is 0 Å². The van der Waals surface area contributed by atoms with Crippen molar-refractivity contribution in [1.29, 1.82) is 0 Å². The van der Waals surface area contributed by atoms with Crippen LogP contribution in [0.25, 0.3) is 0 Å². The number of carboxylic acid groups (broad SMARTS) is 1. The molecule has 0 aliphatic carbocycles. The van der Waals surface area contributed by atoms with Crippen LogP contribution in [0.3, 0.4) is 0 Å². The fourth-order valence-corrected chi connectivity index (χ4v) is 1.85. The third-order valence-corrected chi connectivity index (χ3v) is 3.18. The molecular formula is C15H22N2O3. The normalized spacial score (nSPS) is 11.8. The standard InChI is InChI=1S/C15H22N2O3/c1-11-6-4-5-7-13(11)10-17(3)15(20)16-12(2)8-9-14(18)19/h4-7,12H,8-10H2,1-3H3,(H,16,20)(H,18,19). The van der Waals surface area contributed by atoms with Gasteiger partial charge in [0.05, 0.1) is 0 Å². The monoisotopic (exact) mass is 278 g/mol. The lowest BCUT2D eigenvalue weighted by Crippen LogP contribution is -2.41. The molecular weight excluding hydrogens is 256 g/mol. The quantitative estimate of drug-likeness (QED) is 0.839. The van der Waals surface area contributed by atoms with E-state index >= 15 is 0 Å². The van der Waals surface area contributed by atoms with Crippen LogP contribution in [0.1, 0.15) is 30.9 Å². The van der Waals surface area contributed by atoms with Gasteiger partial charge in [0, 0.05) is 26.1 Å². The number of urea groups is 1. The summed E-state index contributed by atoms with van der Waals surface area (Å²) in [5, 5.41) is 11.4. The van der Waals surface area contributed by atoms with E-state index in [-0.39, 0.29) is 18.5 Å². The number of aryl methyl sites for hydroxylation is 1. The zero-order chi connectivity index (χ0) is 15.1. The average molecular weight is 278 g/mol. The van der Waals surface area contributed by atoms with Crippen LogP contribution in [0.5, 0.6) is 0 Å². The summed E-state index contributed by atoms with van der Waals surface area (Å²) >= 11 is 0. The van der Waals surface area contributed by atoms with E-state index < -0.39 is 5.97 Å². The predicted octanol–water partition coefficient (Wildman–Crippen LogP) is 2.39. The third-order valence-electron chi connectivity index (χ3n) is 3.18. The van der Waals surface area contributed by atoms with E-state index in [9.17, 15) is 9.59 Å². The maximum Gasteiger partial charge on any atom is 0.317 e. The van der Waals surface area contributed by atoms with E-state index in [1.54, 1.807) is 11.9 Å². The van der Waals surface area contributed by atoms with Gasteiger partial charge in [-0.15, -0.1) is 0 Å². The van der Waals surface area contributed by atoms with Crippen LogP contribution in [-0.4, -0.2) is 35.1 Å². The molecule has 1 rings (SSSR count). The molecule has 20 heavy (non-hydrogen) atoms. The van der Waals surface area contributed by atoms with Crippen molar-refractivity contribution >= 4 is 12.0 Å². The highest BCUT2D eigenvalue weighted by molar-refractivity contribution is 5.74. The Morgan fingerprint density at radius 1 is 1.35 bits per heavy atom. The van der Waals surface area contributed by atoms with Crippen LogP contribution >= 0.6 is 0 Å². The molecule has 1 unspecified atom stereocenters. The zero-order valence-corrected chi connectivity index (χ0v) is 12.2. The summed E-state index contributed by atoms with van der Waals surface area (Å²) < 4.78 is 0. The lowest BCUT2D eigenvalue weighted by atomic mass is 10.1. The molecule has 1 aromatic carbocycles. The molecule has 5 heteroatoms. The Bertz CT molecular complexity index is 474. The number of carbonyl (C=O) groups excluding carboxylic acids is 1. The molecule has 5 nitrogen and oxygen atoms in total. The SMILES string of the molecule is Cc1ccccc1CN(C)C(=O)NC(C)CCC(=O)O. The molecule has 2 N–H and O–H groups in total. The summed E-state index contributed by atoms with van der Waals surface area (Å²) in [6, 6.07) is 7.57. The minimum absolute atomic E-state index is 0.0585. The minimum atomic E-state index is -0.848. The number of nitrogens with one attached hydrogen (secondary N) is 1. The molecule has 0 aliphatic heterocycles. The van der Waals surface area contributed by atoms with E-state index in [1.807, 2.05) is 38.1 Å². The van der Waals surface area contributed by atoms with Crippen molar-refractivity contribution in [2.45, 2.75) is 39.3 Å². The molecule has 0 fully saturated rings. The lowest BCUT2D eigenvalue weighted by molar-refractivity contribution is -0.137. The van der Waals surface area contributed by atoms with Crippen LogP contribution < -0.4 is 5.32 Å². The van der Waals surface area contributed by atoms with Gasteiger partial charge in [0.15, 0.2) is 0 Å². The number of carboxylic acids is 1. The molecule has 1 aromatic rings. The Balaban J connectivity index is 2.47. The molecule has 0 aliphatic rings. The smallest absolute Gasteiger partial charge is 0.317 e. The summed E-state index contributed by atoms with van der Waals surface area (Å²) in [7, 11) is 1.73. The molecule has 0 saturated carbocycles. The first-order chi connectivity index (χ1) is 9.40. The van der Waals surface area contributed by atoms with E-state index in [2.05, 4.69) is 5.32 Å². The number of carbonyl (C=O) groups is 2. The number of hydrogen-bond donors (Lipinski definition) is 2. The molecule has 0 heterocycles. The highest BCUT2D eigenvalue weighted by Crippen LogP contribution is 2.09. The zero-order valence-electron chi connectivity index (χ0n) is 12.2. The van der Waals surface area contributed by atoms with Crippen LogP contribution in [0.4, 0.5) is 4.79 Å². The largest absolute Gasteiger partial charge is 0.481 e.